The average Bonchev–Trinajstić information content (AvgIpc) is 2.91. The van der Waals surface area contributed by atoms with Crippen LogP contribution in [0.3, 0.4) is 0 Å². The number of anilines is 1. The summed E-state index contributed by atoms with van der Waals surface area (Å²) in [4.78, 5) is 17.7. The fourth-order valence-corrected chi connectivity index (χ4v) is 3.64. The first-order valence-corrected chi connectivity index (χ1v) is 9.55. The summed E-state index contributed by atoms with van der Waals surface area (Å²) in [6.07, 6.45) is 0.254. The Morgan fingerprint density at radius 3 is 2.77 bits per heavy atom. The second-order valence-corrected chi connectivity index (χ2v) is 7.53. The molecule has 0 aliphatic rings. The second kappa shape index (κ2) is 8.08. The van der Waals surface area contributed by atoms with Gasteiger partial charge in [-0.1, -0.05) is 35.3 Å². The van der Waals surface area contributed by atoms with Crippen LogP contribution in [-0.2, 0) is 18.3 Å². The minimum atomic E-state index is -0.104. The van der Waals surface area contributed by atoms with Crippen LogP contribution in [0.2, 0.25) is 10.0 Å². The van der Waals surface area contributed by atoms with Crippen molar-refractivity contribution in [3.05, 3.63) is 73.9 Å². The van der Waals surface area contributed by atoms with E-state index in [1.807, 2.05) is 54.3 Å². The van der Waals surface area contributed by atoms with E-state index in [0.717, 1.165) is 21.7 Å². The van der Waals surface area contributed by atoms with Crippen molar-refractivity contribution in [3.8, 4) is 0 Å². The summed E-state index contributed by atoms with van der Waals surface area (Å²) in [7, 11) is 1.89. The minimum Gasteiger partial charge on any atom is -0.326 e. The summed E-state index contributed by atoms with van der Waals surface area (Å²) < 4.78 is 1.91. The Kier molecular flexibility index (Phi) is 5.81. The van der Waals surface area contributed by atoms with E-state index >= 15 is 0 Å². The van der Waals surface area contributed by atoms with Crippen LogP contribution in [0.4, 0.5) is 11.4 Å². The molecule has 2 aromatic carbocycles. The monoisotopic (exact) mass is 405 g/mol. The Morgan fingerprint density at radius 2 is 2.04 bits per heavy atom. The number of rotatable bonds is 4. The van der Waals surface area contributed by atoms with Gasteiger partial charge in [-0.15, -0.1) is 11.3 Å². The Morgan fingerprint density at radius 1 is 1.23 bits per heavy atom. The van der Waals surface area contributed by atoms with Gasteiger partial charge < -0.3 is 9.88 Å². The maximum absolute atomic E-state index is 12.3. The van der Waals surface area contributed by atoms with Crippen molar-refractivity contribution in [2.24, 2.45) is 12.0 Å². The van der Waals surface area contributed by atoms with Crippen LogP contribution in [0.1, 0.15) is 11.3 Å². The number of hydrogen-bond acceptors (Lipinski definition) is 3. The lowest BCUT2D eigenvalue weighted by atomic mass is 10.2. The molecule has 0 radical (unpaired) electrons. The minimum absolute atomic E-state index is 0.104. The first-order valence-electron chi connectivity index (χ1n) is 7.92. The van der Waals surface area contributed by atoms with E-state index in [1.54, 1.807) is 12.1 Å². The molecule has 1 amide bonds. The predicted octanol–water partition coefficient (Wildman–Crippen LogP) is 5.12. The first kappa shape index (κ1) is 18.7. The van der Waals surface area contributed by atoms with Gasteiger partial charge >= 0.3 is 0 Å². The number of amides is 1. The molecule has 0 bridgehead atoms. The number of thiazole rings is 1. The Hall–Kier alpha value is -2.08. The fourth-order valence-electron chi connectivity index (χ4n) is 2.36. The third kappa shape index (κ3) is 4.55. The molecule has 0 fully saturated rings. The maximum Gasteiger partial charge on any atom is 0.230 e. The molecule has 0 aliphatic carbocycles. The van der Waals surface area contributed by atoms with Crippen LogP contribution in [0.15, 0.2) is 52.8 Å². The van der Waals surface area contributed by atoms with Gasteiger partial charge in [0.25, 0.3) is 0 Å². The summed E-state index contributed by atoms with van der Waals surface area (Å²) in [6.45, 7) is 1.92. The highest BCUT2D eigenvalue weighted by atomic mass is 35.5. The molecular weight excluding hydrogens is 389 g/mol. The fraction of sp³-hybridized carbons (Fsp3) is 0.158. The van der Waals surface area contributed by atoms with Gasteiger partial charge in [-0.25, -0.2) is 4.99 Å². The molecule has 4 nitrogen and oxygen atoms in total. The average molecular weight is 406 g/mol. The van der Waals surface area contributed by atoms with Crippen LogP contribution < -0.4 is 10.1 Å². The molecule has 0 saturated carbocycles. The van der Waals surface area contributed by atoms with Crippen LogP contribution in [0, 0.1) is 6.92 Å². The number of aromatic nitrogens is 1. The molecule has 3 aromatic rings. The molecule has 7 heteroatoms. The van der Waals surface area contributed by atoms with Gasteiger partial charge in [0.1, 0.15) is 0 Å². The number of carbonyl (C=O) groups is 1. The van der Waals surface area contributed by atoms with Gasteiger partial charge in [0, 0.05) is 33.9 Å². The van der Waals surface area contributed by atoms with Crippen molar-refractivity contribution in [1.82, 2.24) is 4.57 Å². The molecule has 0 unspecified atom stereocenters. The van der Waals surface area contributed by atoms with Crippen LogP contribution in [0.5, 0.6) is 0 Å². The van der Waals surface area contributed by atoms with Gasteiger partial charge in [0.2, 0.25) is 5.91 Å². The molecule has 1 aromatic heterocycles. The van der Waals surface area contributed by atoms with Crippen LogP contribution in [0.25, 0.3) is 0 Å². The zero-order valence-corrected chi connectivity index (χ0v) is 16.6. The quantitative estimate of drug-likeness (QED) is 0.643. The molecule has 0 aliphatic heterocycles. The Balaban J connectivity index is 1.75. The van der Waals surface area contributed by atoms with Crippen molar-refractivity contribution < 1.29 is 4.79 Å². The van der Waals surface area contributed by atoms with Crippen molar-refractivity contribution in [2.45, 2.75) is 13.3 Å². The van der Waals surface area contributed by atoms with E-state index in [1.165, 1.54) is 11.3 Å². The molecule has 0 atom stereocenters. The number of carbonyl (C=O) groups excluding carboxylic acids is 1. The number of nitrogens with one attached hydrogen (secondary N) is 1. The smallest absolute Gasteiger partial charge is 0.230 e. The largest absolute Gasteiger partial charge is 0.326 e. The summed E-state index contributed by atoms with van der Waals surface area (Å²) in [5, 5.41) is 6.08. The summed E-state index contributed by atoms with van der Waals surface area (Å²) >= 11 is 13.6. The normalized spacial score (nSPS) is 11.6. The zero-order valence-electron chi connectivity index (χ0n) is 14.3. The summed E-state index contributed by atoms with van der Waals surface area (Å²) in [5.74, 6) is -0.104. The molecule has 1 N–H and O–H groups in total. The Bertz CT molecular complexity index is 1020. The lowest BCUT2D eigenvalue weighted by molar-refractivity contribution is -0.115. The predicted molar refractivity (Wildman–Crippen MR) is 108 cm³/mol. The van der Waals surface area contributed by atoms with Gasteiger partial charge in [-0.2, -0.15) is 0 Å². The van der Waals surface area contributed by atoms with Gasteiger partial charge in [-0.05, 0) is 42.8 Å². The molecule has 0 spiro atoms. The lowest BCUT2D eigenvalue weighted by Crippen LogP contribution is -2.19. The number of aryl methyl sites for hydroxylation is 1. The van der Waals surface area contributed by atoms with Gasteiger partial charge in [0.15, 0.2) is 4.80 Å². The second-order valence-electron chi connectivity index (χ2n) is 5.85. The molecule has 1 heterocycles. The highest BCUT2D eigenvalue weighted by Crippen LogP contribution is 2.20. The van der Waals surface area contributed by atoms with E-state index in [4.69, 9.17) is 23.2 Å². The number of halogens is 2. The Labute approximate surface area is 165 Å². The van der Waals surface area contributed by atoms with Crippen molar-refractivity contribution >= 4 is 51.8 Å². The first-order chi connectivity index (χ1) is 12.4. The number of nitrogens with zero attached hydrogens (tertiary/aromatic N) is 2. The molecule has 134 valence electrons. The molecule has 0 saturated heterocycles. The summed E-state index contributed by atoms with van der Waals surface area (Å²) in [6, 6.07) is 12.8. The van der Waals surface area contributed by atoms with Crippen LogP contribution >= 0.6 is 34.5 Å². The van der Waals surface area contributed by atoms with E-state index in [2.05, 4.69) is 10.3 Å². The van der Waals surface area contributed by atoms with Crippen molar-refractivity contribution in [3.63, 3.8) is 0 Å². The van der Waals surface area contributed by atoms with Gasteiger partial charge in [0.05, 0.1) is 12.1 Å². The number of benzene rings is 2. The lowest BCUT2D eigenvalue weighted by Gasteiger charge is -2.07. The SMILES string of the molecule is Cc1ccc(NC(=O)Cc2csc(=Nc3cccc(Cl)c3)n2C)cc1Cl. The molecular formula is C19H17Cl2N3OS. The van der Waals surface area contributed by atoms with Crippen LogP contribution in [-0.4, -0.2) is 10.5 Å². The highest BCUT2D eigenvalue weighted by molar-refractivity contribution is 7.07. The topological polar surface area (TPSA) is 46.4 Å². The van der Waals surface area contributed by atoms with Gasteiger partial charge in [-0.3, -0.25) is 4.79 Å². The third-order valence-electron chi connectivity index (χ3n) is 3.85. The zero-order chi connectivity index (χ0) is 18.7. The van der Waals surface area contributed by atoms with E-state index in [-0.39, 0.29) is 12.3 Å². The standard InChI is InChI=1S/C19H17Cl2N3OS/c1-12-6-7-15(9-17(12)21)22-18(25)10-16-11-26-19(24(16)2)23-14-5-3-4-13(20)8-14/h3-9,11H,10H2,1-2H3,(H,22,25). The molecule has 26 heavy (non-hydrogen) atoms. The maximum atomic E-state index is 12.3. The summed E-state index contributed by atoms with van der Waals surface area (Å²) in [5.41, 5.74) is 3.32. The van der Waals surface area contributed by atoms with E-state index < -0.39 is 0 Å². The third-order valence-corrected chi connectivity index (χ3v) is 5.46. The van der Waals surface area contributed by atoms with E-state index in [9.17, 15) is 4.79 Å². The van der Waals surface area contributed by atoms with E-state index in [0.29, 0.717) is 15.7 Å². The highest BCUT2D eigenvalue weighted by Gasteiger charge is 2.09. The van der Waals surface area contributed by atoms with Crippen molar-refractivity contribution in [2.75, 3.05) is 5.32 Å². The molecule has 3 rings (SSSR count). The number of hydrogen-bond donors (Lipinski definition) is 1. The van der Waals surface area contributed by atoms with Crippen molar-refractivity contribution in [1.29, 1.82) is 0 Å².